The minimum Gasteiger partial charge on any atom is -0.292 e. The molecule has 0 unspecified atom stereocenters. The number of imidazole rings is 1. The van der Waals surface area contributed by atoms with Gasteiger partial charge in [-0.1, -0.05) is 370 Å². The number of aromatic nitrogens is 2. The molecular weight excluding hydrogens is 1230 g/mol. The summed E-state index contributed by atoms with van der Waals surface area (Å²) >= 11 is 0. The molecule has 0 aliphatic rings. The van der Waals surface area contributed by atoms with Crippen LogP contribution in [0.4, 0.5) is 0 Å². The summed E-state index contributed by atoms with van der Waals surface area (Å²) in [5.41, 5.74) is 11.6. The highest BCUT2D eigenvalue weighted by molar-refractivity contribution is 7.21. The Morgan fingerprint density at radius 2 is 0.515 bits per heavy atom. The van der Waals surface area contributed by atoms with Gasteiger partial charge in [0.05, 0.1) is 11.0 Å². The molecule has 466 valence electrons. The average molecular weight is 1290 g/mol. The molecule has 0 aliphatic carbocycles. The van der Waals surface area contributed by atoms with E-state index in [1.165, 1.54) is 112 Å². The molecule has 2 nitrogen and oxygen atoms in total. The van der Waals surface area contributed by atoms with E-state index in [-0.39, 0.29) is 0 Å². The molecule has 18 aromatic rings. The summed E-state index contributed by atoms with van der Waals surface area (Å²) in [6.07, 6.45) is 0. The normalized spacial score (nSPS) is 11.6. The van der Waals surface area contributed by atoms with Crippen LogP contribution in [0.2, 0.25) is 0 Å². The molecule has 0 amide bonds. The smallest absolute Gasteiger partial charge is 0.179 e. The van der Waals surface area contributed by atoms with Crippen molar-refractivity contribution in [1.82, 2.24) is 9.55 Å². The zero-order valence-electron chi connectivity index (χ0n) is 54.7. The van der Waals surface area contributed by atoms with E-state index in [0.717, 1.165) is 33.7 Å². The molecule has 0 saturated carbocycles. The third-order valence-corrected chi connectivity index (χ3v) is 29.7. The van der Waals surface area contributed by atoms with E-state index in [1.54, 1.807) is 0 Å². The molecular formula is C95H68N2Si2. The fraction of sp³-hybridized carbons (Fsp3) is 0. The first kappa shape index (κ1) is 60.4. The Hall–Kier alpha value is -12.3. The molecule has 0 saturated heterocycles. The number of para-hydroxylation sites is 3. The lowest BCUT2D eigenvalue weighted by Gasteiger charge is -2.37. The lowest BCUT2D eigenvalue weighted by molar-refractivity contribution is 1.10. The number of rotatable bonds is 13. The van der Waals surface area contributed by atoms with Crippen LogP contribution in [0, 0.1) is 0 Å². The third kappa shape index (κ3) is 10.9. The minimum atomic E-state index is -2.60. The largest absolute Gasteiger partial charge is 0.292 e. The van der Waals surface area contributed by atoms with Gasteiger partial charge in [-0.05, 0) is 160 Å². The highest BCUT2D eigenvalue weighted by atomic mass is 28.3. The first-order valence-electron chi connectivity index (χ1n) is 34.2. The summed E-state index contributed by atoms with van der Waals surface area (Å²) in [7, 11) is -5.21. The van der Waals surface area contributed by atoms with Gasteiger partial charge in [-0.15, -0.1) is 0 Å². The molecule has 0 radical (unpaired) electrons. The summed E-state index contributed by atoms with van der Waals surface area (Å²) in [6.45, 7) is 0. The zero-order valence-corrected chi connectivity index (χ0v) is 56.7. The van der Waals surface area contributed by atoms with Gasteiger partial charge in [-0.3, -0.25) is 4.57 Å². The van der Waals surface area contributed by atoms with Crippen molar-refractivity contribution in [1.29, 1.82) is 0 Å². The van der Waals surface area contributed by atoms with E-state index in [1.807, 2.05) is 0 Å². The van der Waals surface area contributed by atoms with Crippen LogP contribution in [0.15, 0.2) is 413 Å². The molecule has 1 heterocycles. The maximum atomic E-state index is 5.12. The fourth-order valence-corrected chi connectivity index (χ4v) is 25.1. The van der Waals surface area contributed by atoms with Crippen LogP contribution in [-0.2, 0) is 0 Å². The summed E-state index contributed by atoms with van der Waals surface area (Å²) in [6, 6.07) is 152. The number of hydrogen-bond acceptors (Lipinski definition) is 1. The SMILES string of the molecule is c1ccc(-n2c(-c3ccc(-c4ccc5c(-c6ccc7ccccc7c6)c6ccccc6c(-c6ccc7ccccc7c6)c5c4)cc3)nc3ccccc32)cc1.c1ccc([Si](c2ccccc2)(c2ccccc2)c2ccc([Si](c3ccccc3)(c3ccccc3)c3ccccc3)cc2)cc1. The number of benzene rings is 17. The Morgan fingerprint density at radius 1 is 0.202 bits per heavy atom. The number of hydrogen-bond donors (Lipinski definition) is 0. The van der Waals surface area contributed by atoms with Crippen molar-refractivity contribution in [3.63, 3.8) is 0 Å². The molecule has 99 heavy (non-hydrogen) atoms. The van der Waals surface area contributed by atoms with E-state index in [0.29, 0.717) is 0 Å². The Bertz CT molecular complexity index is 5530. The van der Waals surface area contributed by atoms with Crippen molar-refractivity contribution in [2.75, 3.05) is 0 Å². The van der Waals surface area contributed by atoms with E-state index in [9.17, 15) is 0 Å². The second-order valence-electron chi connectivity index (χ2n) is 25.6. The first-order chi connectivity index (χ1) is 49.1. The Kier molecular flexibility index (Phi) is 16.1. The standard InChI is InChI=1S/C53H34N2.C42H34Si2/c1-2-16-44(17-3-1)55-50-21-11-10-20-49(50)54-53(55)38-26-22-37(23-27-38)41-30-31-47-48(34-41)52(43-29-25-36-13-5-7-15-40(36)33-43)46-19-9-8-18-45(46)51(47)42-28-24-35-12-4-6-14-39(35)32-42;1-7-19-35(20-8-1)43(36-21-9-2-10-22-36,37-23-11-3-12-24-37)41-31-33-42(34-32-41)44(38-25-13-4-14-26-38,39-27-15-5-16-28-39)40-29-17-6-18-30-40/h1-34H;1-34H. The molecule has 0 N–H and O–H groups in total. The highest BCUT2D eigenvalue weighted by Crippen LogP contribution is 2.46. The predicted molar refractivity (Wildman–Crippen MR) is 427 cm³/mol. The second kappa shape index (κ2) is 26.4. The third-order valence-electron chi connectivity index (χ3n) is 20.1. The van der Waals surface area contributed by atoms with Crippen LogP contribution in [0.1, 0.15) is 0 Å². The summed E-state index contributed by atoms with van der Waals surface area (Å²) in [4.78, 5) is 5.12. The van der Waals surface area contributed by atoms with E-state index in [2.05, 4.69) is 417 Å². The van der Waals surface area contributed by atoms with Crippen molar-refractivity contribution < 1.29 is 0 Å². The van der Waals surface area contributed by atoms with Crippen LogP contribution in [0.5, 0.6) is 0 Å². The van der Waals surface area contributed by atoms with Gasteiger partial charge < -0.3 is 0 Å². The topological polar surface area (TPSA) is 17.8 Å². The van der Waals surface area contributed by atoms with Crippen LogP contribution in [-0.4, -0.2) is 25.7 Å². The lowest BCUT2D eigenvalue weighted by atomic mass is 9.84. The predicted octanol–water partition coefficient (Wildman–Crippen LogP) is 18.7. The fourth-order valence-electron chi connectivity index (χ4n) is 15.6. The molecule has 4 heteroatoms. The van der Waals surface area contributed by atoms with Crippen molar-refractivity contribution in [3.8, 4) is 50.5 Å². The lowest BCUT2D eigenvalue weighted by Crippen LogP contribution is -2.76. The van der Waals surface area contributed by atoms with Gasteiger partial charge >= 0.3 is 0 Å². The van der Waals surface area contributed by atoms with Crippen molar-refractivity contribution in [2.24, 2.45) is 0 Å². The van der Waals surface area contributed by atoms with Gasteiger partial charge in [0, 0.05) is 11.3 Å². The summed E-state index contributed by atoms with van der Waals surface area (Å²) in [5.74, 6) is 0.933. The van der Waals surface area contributed by atoms with E-state index < -0.39 is 16.1 Å². The van der Waals surface area contributed by atoms with E-state index >= 15 is 0 Å². The quantitative estimate of drug-likeness (QED) is 0.0639. The molecule has 0 spiro atoms. The average Bonchev–Trinajstić information content (AvgIpc) is 1.39. The molecule has 0 fully saturated rings. The maximum absolute atomic E-state index is 5.12. The summed E-state index contributed by atoms with van der Waals surface area (Å²) < 4.78 is 2.26. The van der Waals surface area contributed by atoms with Gasteiger partial charge in [0.15, 0.2) is 16.1 Å². The maximum Gasteiger partial charge on any atom is 0.179 e. The molecule has 0 aliphatic heterocycles. The van der Waals surface area contributed by atoms with Crippen molar-refractivity contribution >= 4 is 112 Å². The molecule has 1 aromatic heterocycles. The molecule has 0 atom stereocenters. The highest BCUT2D eigenvalue weighted by Gasteiger charge is 2.44. The zero-order chi connectivity index (χ0) is 66.0. The number of fused-ring (bicyclic) bond motifs is 5. The van der Waals surface area contributed by atoms with Crippen LogP contribution >= 0.6 is 0 Å². The van der Waals surface area contributed by atoms with E-state index in [4.69, 9.17) is 4.98 Å². The Morgan fingerprint density at radius 3 is 0.949 bits per heavy atom. The van der Waals surface area contributed by atoms with Gasteiger partial charge in [-0.2, -0.15) is 0 Å². The van der Waals surface area contributed by atoms with Crippen LogP contribution in [0.3, 0.4) is 0 Å². The van der Waals surface area contributed by atoms with Crippen molar-refractivity contribution in [3.05, 3.63) is 413 Å². The van der Waals surface area contributed by atoms with Crippen molar-refractivity contribution in [2.45, 2.75) is 0 Å². The molecule has 17 aromatic carbocycles. The van der Waals surface area contributed by atoms with Crippen LogP contribution < -0.4 is 41.5 Å². The first-order valence-corrected chi connectivity index (χ1v) is 38.2. The monoisotopic (exact) mass is 1290 g/mol. The van der Waals surface area contributed by atoms with Gasteiger partial charge in [0.25, 0.3) is 0 Å². The Balaban J connectivity index is 0.000000152. The molecule has 18 rings (SSSR count). The molecule has 0 bridgehead atoms. The van der Waals surface area contributed by atoms with Gasteiger partial charge in [0.1, 0.15) is 5.82 Å². The van der Waals surface area contributed by atoms with Crippen LogP contribution in [0.25, 0.3) is 105 Å². The minimum absolute atomic E-state index is 0.933. The van der Waals surface area contributed by atoms with Gasteiger partial charge in [-0.25, -0.2) is 4.98 Å². The summed E-state index contributed by atoms with van der Waals surface area (Å²) in [5, 5.41) is 21.1. The Labute approximate surface area is 580 Å². The van der Waals surface area contributed by atoms with Gasteiger partial charge in [0.2, 0.25) is 0 Å². The second-order valence-corrected chi connectivity index (χ2v) is 33.2. The number of nitrogens with zero attached hydrogens (tertiary/aromatic N) is 2.